The molecule has 0 aromatic heterocycles. The molecule has 242 valence electrons. The third kappa shape index (κ3) is 7.95. The molecule has 44 heavy (non-hydrogen) atoms. The van der Waals surface area contributed by atoms with E-state index in [0.29, 0.717) is 11.1 Å². The maximum Gasteiger partial charge on any atom is 0.330 e. The van der Waals surface area contributed by atoms with Crippen LogP contribution in [0.3, 0.4) is 0 Å². The van der Waals surface area contributed by atoms with E-state index in [1.54, 1.807) is 6.07 Å². The largest absolute Gasteiger partial charge is 0.504 e. The van der Waals surface area contributed by atoms with Crippen LogP contribution in [0.4, 0.5) is 0 Å². The Morgan fingerprint density at radius 2 is 1.48 bits per heavy atom. The average Bonchev–Trinajstić information content (AvgIpc) is 2.99. The van der Waals surface area contributed by atoms with Gasteiger partial charge in [-0.15, -0.1) is 0 Å². The highest BCUT2D eigenvalue weighted by atomic mass is 16.7. The molecule has 0 aliphatic carbocycles. The fourth-order valence-corrected chi connectivity index (χ4v) is 4.66. The lowest BCUT2D eigenvalue weighted by molar-refractivity contribution is -0.357. The van der Waals surface area contributed by atoms with Gasteiger partial charge in [0.25, 0.3) is 0 Å². The summed E-state index contributed by atoms with van der Waals surface area (Å²) >= 11 is 0. The predicted molar refractivity (Wildman–Crippen MR) is 147 cm³/mol. The molecule has 0 amide bonds. The summed E-state index contributed by atoms with van der Waals surface area (Å²) in [5.41, 5.74) is 0.962. The lowest BCUT2D eigenvalue weighted by Gasteiger charge is -2.45. The normalized spacial score (nSPS) is 32.5. The molecule has 0 bridgehead atoms. The maximum absolute atomic E-state index is 12.4. The second-order valence-electron chi connectivity index (χ2n) is 10.5. The second-order valence-corrected chi connectivity index (χ2v) is 10.5. The number of ether oxygens (including phenoxy) is 5. The van der Waals surface area contributed by atoms with E-state index in [0.717, 1.165) is 6.08 Å². The zero-order chi connectivity index (χ0) is 32.1. The number of carbonyl (C=O) groups excluding carboxylic acids is 1. The molecule has 0 radical (unpaired) electrons. The van der Waals surface area contributed by atoms with Crippen molar-refractivity contribution in [3.63, 3.8) is 0 Å². The van der Waals surface area contributed by atoms with Gasteiger partial charge in [-0.05, 0) is 54.8 Å². The Morgan fingerprint density at radius 1 is 0.795 bits per heavy atom. The number of carbonyl (C=O) groups is 1. The van der Waals surface area contributed by atoms with Gasteiger partial charge in [0.05, 0.1) is 12.7 Å². The number of phenolic OH excluding ortho intramolecular Hbond substituents is 4. The minimum atomic E-state index is -1.74. The Kier molecular flexibility index (Phi) is 11.0. The molecule has 2 aromatic carbocycles. The zero-order valence-corrected chi connectivity index (χ0v) is 23.5. The van der Waals surface area contributed by atoms with Gasteiger partial charge in [0.1, 0.15) is 49.3 Å². The number of benzene rings is 2. The molecule has 15 nitrogen and oxygen atoms in total. The highest BCUT2D eigenvalue weighted by Crippen LogP contribution is 2.31. The van der Waals surface area contributed by atoms with Crippen LogP contribution in [0.1, 0.15) is 18.1 Å². The van der Waals surface area contributed by atoms with Crippen molar-refractivity contribution in [1.82, 2.24) is 0 Å². The minimum absolute atomic E-state index is 0.0754. The molecule has 10 atom stereocenters. The average molecular weight is 625 g/mol. The van der Waals surface area contributed by atoms with Gasteiger partial charge in [-0.25, -0.2) is 4.79 Å². The standard InChI is InChI=1S/C29H36O15/c1-13-22(35)24(37)25(38)29(42-13)44-27-23(36)20(12-41-21(34)7-4-14-2-5-16(30)18(32)10-14)43-28(26(27)39)40-9-8-15-3-6-17(31)19(33)11-15/h2-7,10-11,13,20,22-33,35-39H,8-9,12H2,1H3/t13-,20-,22-,23-,24-,25-,26-,27+,28-,29+/m1/s1. The fourth-order valence-electron chi connectivity index (χ4n) is 4.66. The van der Waals surface area contributed by atoms with E-state index in [1.807, 2.05) is 0 Å². The number of rotatable bonds is 10. The van der Waals surface area contributed by atoms with Crippen molar-refractivity contribution in [3.8, 4) is 23.0 Å². The second kappa shape index (κ2) is 14.5. The smallest absolute Gasteiger partial charge is 0.330 e. The zero-order valence-electron chi connectivity index (χ0n) is 23.5. The van der Waals surface area contributed by atoms with Crippen LogP contribution >= 0.6 is 0 Å². The van der Waals surface area contributed by atoms with Gasteiger partial charge < -0.3 is 69.6 Å². The highest BCUT2D eigenvalue weighted by Gasteiger charge is 2.50. The number of aliphatic hydroxyl groups is 5. The molecule has 4 rings (SSSR count). The van der Waals surface area contributed by atoms with Crippen LogP contribution in [0.5, 0.6) is 23.0 Å². The first-order chi connectivity index (χ1) is 20.8. The van der Waals surface area contributed by atoms with Crippen molar-refractivity contribution in [2.45, 2.75) is 74.8 Å². The first-order valence-electron chi connectivity index (χ1n) is 13.7. The van der Waals surface area contributed by atoms with E-state index in [4.69, 9.17) is 23.7 Å². The summed E-state index contributed by atoms with van der Waals surface area (Å²) in [7, 11) is 0. The van der Waals surface area contributed by atoms with E-state index in [2.05, 4.69) is 0 Å². The monoisotopic (exact) mass is 624 g/mol. The summed E-state index contributed by atoms with van der Waals surface area (Å²) in [6.07, 6.45) is -12.5. The van der Waals surface area contributed by atoms with Crippen molar-refractivity contribution >= 4 is 12.0 Å². The molecule has 0 unspecified atom stereocenters. The molecule has 2 aromatic rings. The van der Waals surface area contributed by atoms with Crippen molar-refractivity contribution in [1.29, 1.82) is 0 Å². The SMILES string of the molecule is C[C@H]1O[C@@H](O[C@@H]2[C@@H](O)[C@H](OCCc3ccc(O)c(O)c3)O[C@H](COC(=O)C=Cc3ccc(O)c(O)c3)[C@H]2O)[C@H](O)[C@H](O)[C@@H]1O. The van der Waals surface area contributed by atoms with Crippen LogP contribution < -0.4 is 0 Å². The first kappa shape index (κ1) is 33.4. The third-order valence-electron chi connectivity index (χ3n) is 7.26. The molecule has 2 heterocycles. The van der Waals surface area contributed by atoms with Crippen LogP contribution in [0.15, 0.2) is 42.5 Å². The summed E-state index contributed by atoms with van der Waals surface area (Å²) in [6, 6.07) is 8.05. The summed E-state index contributed by atoms with van der Waals surface area (Å²) in [5.74, 6) is -2.23. The number of hydrogen-bond acceptors (Lipinski definition) is 15. The van der Waals surface area contributed by atoms with E-state index in [-0.39, 0.29) is 36.0 Å². The van der Waals surface area contributed by atoms with E-state index < -0.39 is 74.0 Å². The third-order valence-corrected chi connectivity index (χ3v) is 7.26. The quantitative estimate of drug-likeness (QED) is 0.0873. The van der Waals surface area contributed by atoms with Gasteiger partial charge in [-0.1, -0.05) is 12.1 Å². The molecule has 15 heteroatoms. The lowest BCUT2D eigenvalue weighted by Crippen LogP contribution is -2.64. The van der Waals surface area contributed by atoms with E-state index in [9.17, 15) is 50.8 Å². The molecule has 2 aliphatic heterocycles. The van der Waals surface area contributed by atoms with Crippen LogP contribution in [-0.2, 0) is 34.9 Å². The van der Waals surface area contributed by atoms with E-state index in [1.165, 1.54) is 43.3 Å². The summed E-state index contributed by atoms with van der Waals surface area (Å²) in [4.78, 5) is 12.4. The fraction of sp³-hybridized carbons (Fsp3) is 0.483. The molecule has 0 saturated carbocycles. The summed E-state index contributed by atoms with van der Waals surface area (Å²) in [5, 5.41) is 90.8. The molecule has 9 N–H and O–H groups in total. The Labute approximate surface area is 251 Å². The van der Waals surface area contributed by atoms with Crippen LogP contribution in [0.25, 0.3) is 6.08 Å². The van der Waals surface area contributed by atoms with Crippen molar-refractivity contribution in [3.05, 3.63) is 53.6 Å². The molecule has 2 saturated heterocycles. The number of esters is 1. The number of hydrogen-bond donors (Lipinski definition) is 9. The predicted octanol–water partition coefficient (Wildman–Crippen LogP) is -1.02. The molecule has 2 aliphatic rings. The Morgan fingerprint density at radius 3 is 2.16 bits per heavy atom. The summed E-state index contributed by atoms with van der Waals surface area (Å²) in [6.45, 7) is 0.804. The number of phenols is 4. The van der Waals surface area contributed by atoms with E-state index >= 15 is 0 Å². The van der Waals surface area contributed by atoms with Gasteiger partial charge >= 0.3 is 5.97 Å². The first-order valence-corrected chi connectivity index (χ1v) is 13.7. The summed E-state index contributed by atoms with van der Waals surface area (Å²) < 4.78 is 27.7. The van der Waals surface area contributed by atoms with Crippen molar-refractivity contribution in [2.24, 2.45) is 0 Å². The van der Waals surface area contributed by atoms with Gasteiger partial charge in [-0.2, -0.15) is 0 Å². The highest BCUT2D eigenvalue weighted by molar-refractivity contribution is 5.87. The lowest BCUT2D eigenvalue weighted by atomic mass is 9.97. The number of aromatic hydroxyl groups is 4. The minimum Gasteiger partial charge on any atom is -0.504 e. The van der Waals surface area contributed by atoms with Gasteiger partial charge in [0.15, 0.2) is 35.6 Å². The van der Waals surface area contributed by atoms with Crippen molar-refractivity contribution < 1.29 is 74.4 Å². The van der Waals surface area contributed by atoms with Crippen LogP contribution in [0, 0.1) is 0 Å². The van der Waals surface area contributed by atoms with Crippen LogP contribution in [-0.4, -0.2) is 127 Å². The maximum atomic E-state index is 12.4. The molecule has 0 spiro atoms. The van der Waals surface area contributed by atoms with Crippen LogP contribution in [0.2, 0.25) is 0 Å². The van der Waals surface area contributed by atoms with Gasteiger partial charge in [0, 0.05) is 6.08 Å². The Hall–Kier alpha value is -3.51. The van der Waals surface area contributed by atoms with Crippen molar-refractivity contribution in [2.75, 3.05) is 13.2 Å². The van der Waals surface area contributed by atoms with Gasteiger partial charge in [0.2, 0.25) is 0 Å². The molecular formula is C29H36O15. The Balaban J connectivity index is 1.44. The molecule has 2 fully saturated rings. The Bertz CT molecular complexity index is 1300. The van der Waals surface area contributed by atoms with Gasteiger partial charge in [-0.3, -0.25) is 0 Å². The number of aliphatic hydroxyl groups excluding tert-OH is 5. The topological polar surface area (TPSA) is 245 Å². The molecular weight excluding hydrogens is 588 g/mol.